The van der Waals surface area contributed by atoms with E-state index < -0.39 is 0 Å². The molecule has 112 valence electrons. The zero-order valence-corrected chi connectivity index (χ0v) is 13.0. The van der Waals surface area contributed by atoms with Crippen LogP contribution in [0.2, 0.25) is 0 Å². The van der Waals surface area contributed by atoms with Crippen LogP contribution in [0.25, 0.3) is 5.69 Å². The minimum Gasteiger partial charge on any atom is -0.352 e. The number of aromatic nitrogens is 5. The van der Waals surface area contributed by atoms with E-state index in [0.717, 1.165) is 22.3 Å². The number of hydrogen-bond acceptors (Lipinski definition) is 6. The lowest BCUT2D eigenvalue weighted by Gasteiger charge is -2.08. The molecule has 22 heavy (non-hydrogen) atoms. The van der Waals surface area contributed by atoms with Crippen molar-refractivity contribution in [3.8, 4) is 5.69 Å². The molecule has 0 amide bonds. The summed E-state index contributed by atoms with van der Waals surface area (Å²) in [6.07, 6.45) is 4.38. The highest BCUT2D eigenvalue weighted by atomic mass is 32.1. The first-order chi connectivity index (χ1) is 10.8. The minimum absolute atomic E-state index is 0.0393. The van der Waals surface area contributed by atoms with Crippen LogP contribution in [-0.4, -0.2) is 24.4 Å². The molecule has 2 aromatic heterocycles. The van der Waals surface area contributed by atoms with Crippen molar-refractivity contribution in [1.29, 1.82) is 0 Å². The summed E-state index contributed by atoms with van der Waals surface area (Å²) in [6, 6.07) is 10.0. The van der Waals surface area contributed by atoms with E-state index in [0.29, 0.717) is 5.92 Å². The molecule has 1 saturated carbocycles. The highest BCUT2D eigenvalue weighted by Crippen LogP contribution is 2.39. The summed E-state index contributed by atoms with van der Waals surface area (Å²) in [4.78, 5) is 4.54. The SMILES string of the molecule is CC(Nc1nc(C2CC2)ns1)c1cn(-c2ccccc2)nn1. The molecule has 1 aromatic carbocycles. The average Bonchev–Trinajstić information content (AvgIpc) is 3.10. The van der Waals surface area contributed by atoms with Crippen LogP contribution in [0.4, 0.5) is 5.13 Å². The van der Waals surface area contributed by atoms with Gasteiger partial charge in [0, 0.05) is 17.5 Å². The fourth-order valence-corrected chi connectivity index (χ4v) is 2.98. The fourth-order valence-electron chi connectivity index (χ4n) is 2.24. The molecule has 0 saturated heterocycles. The van der Waals surface area contributed by atoms with Gasteiger partial charge in [-0.25, -0.2) is 9.67 Å². The lowest BCUT2D eigenvalue weighted by Crippen LogP contribution is -2.06. The van der Waals surface area contributed by atoms with E-state index in [9.17, 15) is 0 Å². The van der Waals surface area contributed by atoms with Gasteiger partial charge in [0.25, 0.3) is 0 Å². The van der Waals surface area contributed by atoms with Gasteiger partial charge in [0.1, 0.15) is 11.5 Å². The Bertz CT molecular complexity index is 761. The Balaban J connectivity index is 1.48. The lowest BCUT2D eigenvalue weighted by molar-refractivity contribution is 0.780. The van der Waals surface area contributed by atoms with Crippen molar-refractivity contribution >= 4 is 16.7 Å². The topological polar surface area (TPSA) is 68.5 Å². The largest absolute Gasteiger partial charge is 0.352 e. The van der Waals surface area contributed by atoms with E-state index in [4.69, 9.17) is 0 Å². The zero-order valence-electron chi connectivity index (χ0n) is 12.2. The molecule has 6 nitrogen and oxygen atoms in total. The van der Waals surface area contributed by atoms with Crippen LogP contribution < -0.4 is 5.32 Å². The number of nitrogens with zero attached hydrogens (tertiary/aromatic N) is 5. The summed E-state index contributed by atoms with van der Waals surface area (Å²) in [7, 11) is 0. The number of anilines is 1. The van der Waals surface area contributed by atoms with Crippen LogP contribution >= 0.6 is 11.5 Å². The van der Waals surface area contributed by atoms with Gasteiger partial charge in [-0.05, 0) is 31.9 Å². The molecule has 0 aliphatic heterocycles. The summed E-state index contributed by atoms with van der Waals surface area (Å²) in [6.45, 7) is 2.05. The summed E-state index contributed by atoms with van der Waals surface area (Å²) in [5, 5.41) is 12.6. The Morgan fingerprint density at radius 2 is 2.09 bits per heavy atom. The van der Waals surface area contributed by atoms with Gasteiger partial charge in [-0.3, -0.25) is 0 Å². The fraction of sp³-hybridized carbons (Fsp3) is 0.333. The van der Waals surface area contributed by atoms with Gasteiger partial charge >= 0.3 is 0 Å². The average molecular weight is 312 g/mol. The Labute approximate surface area is 132 Å². The molecule has 1 atom stereocenters. The van der Waals surface area contributed by atoms with Crippen molar-refractivity contribution in [1.82, 2.24) is 24.4 Å². The van der Waals surface area contributed by atoms with Gasteiger partial charge in [-0.2, -0.15) is 4.37 Å². The molecule has 0 bridgehead atoms. The number of hydrogen-bond donors (Lipinski definition) is 1. The number of nitrogens with one attached hydrogen (secondary N) is 1. The highest BCUT2D eigenvalue weighted by Gasteiger charge is 2.28. The van der Waals surface area contributed by atoms with Gasteiger partial charge in [-0.15, -0.1) is 5.10 Å². The highest BCUT2D eigenvalue weighted by molar-refractivity contribution is 7.09. The van der Waals surface area contributed by atoms with E-state index in [1.54, 1.807) is 4.68 Å². The normalized spacial score (nSPS) is 15.7. The van der Waals surface area contributed by atoms with E-state index in [1.165, 1.54) is 24.4 Å². The monoisotopic (exact) mass is 312 g/mol. The van der Waals surface area contributed by atoms with Gasteiger partial charge < -0.3 is 5.32 Å². The second-order valence-corrected chi connectivity index (χ2v) is 6.27. The predicted molar refractivity (Wildman–Crippen MR) is 85.3 cm³/mol. The third-order valence-electron chi connectivity index (χ3n) is 3.70. The third-order valence-corrected chi connectivity index (χ3v) is 4.36. The van der Waals surface area contributed by atoms with Crippen LogP contribution in [0.3, 0.4) is 0 Å². The van der Waals surface area contributed by atoms with E-state index in [2.05, 4.69) is 31.9 Å². The van der Waals surface area contributed by atoms with E-state index in [-0.39, 0.29) is 6.04 Å². The van der Waals surface area contributed by atoms with Crippen molar-refractivity contribution in [3.63, 3.8) is 0 Å². The van der Waals surface area contributed by atoms with Crippen molar-refractivity contribution in [2.24, 2.45) is 0 Å². The molecule has 4 rings (SSSR count). The minimum atomic E-state index is 0.0393. The molecular weight excluding hydrogens is 296 g/mol. The molecule has 0 spiro atoms. The maximum Gasteiger partial charge on any atom is 0.203 e. The third kappa shape index (κ3) is 2.71. The quantitative estimate of drug-likeness (QED) is 0.783. The molecule has 1 aliphatic rings. The molecule has 0 radical (unpaired) electrons. The first-order valence-corrected chi connectivity index (χ1v) is 8.15. The van der Waals surface area contributed by atoms with Gasteiger partial charge in [-0.1, -0.05) is 23.4 Å². The predicted octanol–water partition coefficient (Wildman–Crippen LogP) is 3.17. The molecule has 7 heteroatoms. The molecule has 1 N–H and O–H groups in total. The van der Waals surface area contributed by atoms with E-state index in [1.807, 2.05) is 36.5 Å². The number of para-hydroxylation sites is 1. The van der Waals surface area contributed by atoms with Gasteiger partial charge in [0.2, 0.25) is 5.13 Å². The van der Waals surface area contributed by atoms with Crippen molar-refractivity contribution in [2.75, 3.05) is 5.32 Å². The molecule has 2 heterocycles. The summed E-state index contributed by atoms with van der Waals surface area (Å²) in [5.74, 6) is 1.56. The first-order valence-electron chi connectivity index (χ1n) is 7.37. The summed E-state index contributed by atoms with van der Waals surface area (Å²) < 4.78 is 6.19. The molecule has 1 fully saturated rings. The van der Waals surface area contributed by atoms with Gasteiger partial charge in [0.05, 0.1) is 17.9 Å². The standard InChI is InChI=1S/C15H16N6S/c1-10(16-15-17-14(19-22-15)11-7-8-11)13-9-21(20-18-13)12-5-3-2-4-6-12/h2-6,9-11H,7-8H2,1H3,(H,16,17,19). The smallest absolute Gasteiger partial charge is 0.203 e. The first kappa shape index (κ1) is 13.4. The van der Waals surface area contributed by atoms with Crippen LogP contribution in [0.1, 0.15) is 43.2 Å². The van der Waals surface area contributed by atoms with Crippen LogP contribution in [0.5, 0.6) is 0 Å². The second kappa shape index (κ2) is 5.49. The Kier molecular flexibility index (Phi) is 3.34. The molecule has 1 unspecified atom stereocenters. The Hall–Kier alpha value is -2.28. The maximum atomic E-state index is 4.54. The number of rotatable bonds is 5. The maximum absolute atomic E-state index is 4.54. The summed E-state index contributed by atoms with van der Waals surface area (Å²) in [5.41, 5.74) is 1.88. The lowest BCUT2D eigenvalue weighted by atomic mass is 10.2. The Morgan fingerprint density at radius 3 is 2.86 bits per heavy atom. The van der Waals surface area contributed by atoms with Crippen LogP contribution in [-0.2, 0) is 0 Å². The van der Waals surface area contributed by atoms with Crippen molar-refractivity contribution in [2.45, 2.75) is 31.7 Å². The summed E-state index contributed by atoms with van der Waals surface area (Å²) >= 11 is 1.42. The molecular formula is C15H16N6S. The van der Waals surface area contributed by atoms with Crippen molar-refractivity contribution < 1.29 is 0 Å². The van der Waals surface area contributed by atoms with Gasteiger partial charge in [0.15, 0.2) is 0 Å². The molecule has 1 aliphatic carbocycles. The van der Waals surface area contributed by atoms with E-state index >= 15 is 0 Å². The van der Waals surface area contributed by atoms with Crippen LogP contribution in [0, 0.1) is 0 Å². The van der Waals surface area contributed by atoms with Crippen molar-refractivity contribution in [3.05, 3.63) is 48.0 Å². The van der Waals surface area contributed by atoms with Crippen LogP contribution in [0.15, 0.2) is 36.5 Å². The Morgan fingerprint density at radius 1 is 1.27 bits per heavy atom. The molecule has 3 aromatic rings. The second-order valence-electron chi connectivity index (χ2n) is 5.52. The number of benzene rings is 1. The zero-order chi connectivity index (χ0) is 14.9.